The second-order valence-corrected chi connectivity index (χ2v) is 5.38. The molecule has 0 aliphatic heterocycles. The summed E-state index contributed by atoms with van der Waals surface area (Å²) in [5.74, 6) is -0.0101. The molecule has 6 nitrogen and oxygen atoms in total. The summed E-state index contributed by atoms with van der Waals surface area (Å²) in [5.41, 5.74) is 7.49. The van der Waals surface area contributed by atoms with Gasteiger partial charge in [0.15, 0.2) is 11.6 Å². The maximum absolute atomic E-state index is 12.2. The minimum atomic E-state index is -4.76. The quantitative estimate of drug-likeness (QED) is 0.717. The maximum Gasteiger partial charge on any atom is 0.573 e. The second-order valence-electron chi connectivity index (χ2n) is 5.38. The van der Waals surface area contributed by atoms with Gasteiger partial charge in [-0.1, -0.05) is 24.3 Å². The van der Waals surface area contributed by atoms with Crippen molar-refractivity contribution in [2.45, 2.75) is 13.3 Å². The number of benzene rings is 2. The fourth-order valence-electron chi connectivity index (χ4n) is 2.28. The van der Waals surface area contributed by atoms with E-state index in [1.807, 2.05) is 0 Å². The minimum absolute atomic E-state index is 0.0595. The molecule has 0 atom stereocenters. The number of aromatic nitrogens is 3. The highest BCUT2D eigenvalue weighted by Crippen LogP contribution is 2.25. The van der Waals surface area contributed by atoms with Gasteiger partial charge in [-0.05, 0) is 31.2 Å². The Labute approximate surface area is 146 Å². The van der Waals surface area contributed by atoms with Crippen LogP contribution in [0.1, 0.15) is 17.3 Å². The van der Waals surface area contributed by atoms with Gasteiger partial charge in [-0.25, -0.2) is 0 Å². The highest BCUT2D eigenvalue weighted by molar-refractivity contribution is 5.94. The van der Waals surface area contributed by atoms with Gasteiger partial charge in [-0.3, -0.25) is 4.79 Å². The SMILES string of the molecule is CC(=O)c1ccc(-c2nc(N)n(-c3ccc(OC(F)(F)F)cc3)n2)cc1. The normalized spacial score (nSPS) is 11.4. The average Bonchev–Trinajstić information content (AvgIpc) is 2.96. The lowest BCUT2D eigenvalue weighted by molar-refractivity contribution is -0.274. The number of halogens is 3. The summed E-state index contributed by atoms with van der Waals surface area (Å²) in [4.78, 5) is 15.5. The molecule has 26 heavy (non-hydrogen) atoms. The van der Waals surface area contributed by atoms with Gasteiger partial charge in [0.1, 0.15) is 5.75 Å². The Kier molecular flexibility index (Phi) is 4.37. The van der Waals surface area contributed by atoms with Gasteiger partial charge in [-0.15, -0.1) is 18.3 Å². The number of hydrogen-bond donors (Lipinski definition) is 1. The molecule has 2 N–H and O–H groups in total. The van der Waals surface area contributed by atoms with E-state index in [0.717, 1.165) is 12.1 Å². The monoisotopic (exact) mass is 362 g/mol. The number of carbonyl (C=O) groups excluding carboxylic acids is 1. The second kappa shape index (κ2) is 6.51. The van der Waals surface area contributed by atoms with Crippen LogP contribution >= 0.6 is 0 Å². The zero-order valence-electron chi connectivity index (χ0n) is 13.5. The molecule has 0 saturated carbocycles. The van der Waals surface area contributed by atoms with Crippen LogP contribution < -0.4 is 10.5 Å². The van der Waals surface area contributed by atoms with E-state index in [9.17, 15) is 18.0 Å². The average molecular weight is 362 g/mol. The van der Waals surface area contributed by atoms with Crippen molar-refractivity contribution in [2.75, 3.05) is 5.73 Å². The summed E-state index contributed by atoms with van der Waals surface area (Å²) in [6.45, 7) is 1.46. The van der Waals surface area contributed by atoms with Crippen molar-refractivity contribution in [1.29, 1.82) is 0 Å². The van der Waals surface area contributed by atoms with Crippen LogP contribution in [0.4, 0.5) is 19.1 Å². The number of rotatable bonds is 4. The van der Waals surface area contributed by atoms with Gasteiger partial charge in [0.2, 0.25) is 5.95 Å². The van der Waals surface area contributed by atoms with E-state index in [-0.39, 0.29) is 17.5 Å². The molecule has 0 radical (unpaired) electrons. The zero-order valence-corrected chi connectivity index (χ0v) is 13.5. The predicted molar refractivity (Wildman–Crippen MR) is 87.9 cm³/mol. The molecule has 9 heteroatoms. The fraction of sp³-hybridized carbons (Fsp3) is 0.118. The van der Waals surface area contributed by atoms with Crippen molar-refractivity contribution in [3.8, 4) is 22.8 Å². The van der Waals surface area contributed by atoms with Crippen molar-refractivity contribution in [3.05, 3.63) is 54.1 Å². The van der Waals surface area contributed by atoms with Crippen LogP contribution in [0.2, 0.25) is 0 Å². The topological polar surface area (TPSA) is 83.0 Å². The van der Waals surface area contributed by atoms with Crippen LogP contribution in [-0.2, 0) is 0 Å². The van der Waals surface area contributed by atoms with Crippen LogP contribution in [0.5, 0.6) is 5.75 Å². The van der Waals surface area contributed by atoms with Gasteiger partial charge in [0, 0.05) is 11.1 Å². The summed E-state index contributed by atoms with van der Waals surface area (Å²) < 4.78 is 41.7. The Hall–Kier alpha value is -3.36. The van der Waals surface area contributed by atoms with Gasteiger partial charge in [0.05, 0.1) is 5.69 Å². The molecule has 0 aliphatic rings. The van der Waals surface area contributed by atoms with Crippen LogP contribution in [0.15, 0.2) is 48.5 Å². The first-order valence-corrected chi connectivity index (χ1v) is 7.43. The molecule has 0 spiro atoms. The molecule has 0 fully saturated rings. The molecule has 0 unspecified atom stereocenters. The molecule has 2 aromatic carbocycles. The standard InChI is InChI=1S/C17H13F3N4O2/c1-10(25)11-2-4-12(5-3-11)15-22-16(21)24(23-15)13-6-8-14(9-7-13)26-17(18,19)20/h2-9H,1H3,(H2,21,22,23). The number of hydrogen-bond acceptors (Lipinski definition) is 5. The van der Waals surface area contributed by atoms with Crippen LogP contribution in [0, 0.1) is 0 Å². The Bertz CT molecular complexity index is 932. The lowest BCUT2D eigenvalue weighted by atomic mass is 10.1. The molecular formula is C17H13F3N4O2. The Morgan fingerprint density at radius 1 is 1.08 bits per heavy atom. The van der Waals surface area contributed by atoms with E-state index < -0.39 is 6.36 Å². The van der Waals surface area contributed by atoms with Crippen molar-refractivity contribution in [2.24, 2.45) is 0 Å². The van der Waals surface area contributed by atoms with Crippen molar-refractivity contribution >= 4 is 11.7 Å². The molecular weight excluding hydrogens is 349 g/mol. The fourth-order valence-corrected chi connectivity index (χ4v) is 2.28. The smallest absolute Gasteiger partial charge is 0.406 e. The molecule has 1 aromatic heterocycles. The third-order valence-electron chi connectivity index (χ3n) is 3.50. The van der Waals surface area contributed by atoms with Crippen molar-refractivity contribution < 1.29 is 22.7 Å². The molecule has 3 rings (SSSR count). The van der Waals surface area contributed by atoms with Gasteiger partial charge < -0.3 is 10.5 Å². The Balaban J connectivity index is 1.87. The number of Topliss-reactive ketones (excluding diaryl/α,β-unsaturated/α-hetero) is 1. The third kappa shape index (κ3) is 3.82. The van der Waals surface area contributed by atoms with Crippen LogP contribution in [-0.4, -0.2) is 26.9 Å². The molecule has 0 bridgehead atoms. The number of ketones is 1. The highest BCUT2D eigenvalue weighted by Gasteiger charge is 2.31. The number of nitrogens with two attached hydrogens (primary N) is 1. The molecule has 134 valence electrons. The summed E-state index contributed by atoms with van der Waals surface area (Å²) in [7, 11) is 0. The summed E-state index contributed by atoms with van der Waals surface area (Å²) in [6.07, 6.45) is -4.76. The van der Waals surface area contributed by atoms with Crippen molar-refractivity contribution in [1.82, 2.24) is 14.8 Å². The van der Waals surface area contributed by atoms with E-state index in [4.69, 9.17) is 5.73 Å². The first-order chi connectivity index (χ1) is 12.2. The number of ether oxygens (including phenoxy) is 1. The number of anilines is 1. The van der Waals surface area contributed by atoms with Gasteiger partial charge >= 0.3 is 6.36 Å². The van der Waals surface area contributed by atoms with E-state index in [1.165, 1.54) is 23.7 Å². The molecule has 0 aliphatic carbocycles. The number of nitrogen functional groups attached to an aromatic ring is 1. The molecule has 1 heterocycles. The number of carbonyl (C=O) groups is 1. The zero-order chi connectivity index (χ0) is 18.9. The lowest BCUT2D eigenvalue weighted by Gasteiger charge is -2.09. The third-order valence-corrected chi connectivity index (χ3v) is 3.50. The van der Waals surface area contributed by atoms with E-state index in [2.05, 4.69) is 14.8 Å². The first kappa shape index (κ1) is 17.5. The maximum atomic E-state index is 12.2. The number of nitrogens with zero attached hydrogens (tertiary/aromatic N) is 3. The van der Waals surface area contributed by atoms with E-state index >= 15 is 0 Å². The van der Waals surface area contributed by atoms with Gasteiger partial charge in [0.25, 0.3) is 0 Å². The first-order valence-electron chi connectivity index (χ1n) is 7.43. The number of alkyl halides is 3. The minimum Gasteiger partial charge on any atom is -0.406 e. The van der Waals surface area contributed by atoms with Crippen LogP contribution in [0.25, 0.3) is 17.1 Å². The Morgan fingerprint density at radius 3 is 2.23 bits per heavy atom. The molecule has 0 saturated heterocycles. The van der Waals surface area contributed by atoms with Gasteiger partial charge in [-0.2, -0.15) is 9.67 Å². The highest BCUT2D eigenvalue weighted by atomic mass is 19.4. The predicted octanol–water partition coefficient (Wildman–Crippen LogP) is 3.62. The molecule has 3 aromatic rings. The Morgan fingerprint density at radius 2 is 1.69 bits per heavy atom. The van der Waals surface area contributed by atoms with Crippen LogP contribution in [0.3, 0.4) is 0 Å². The molecule has 0 amide bonds. The summed E-state index contributed by atoms with van der Waals surface area (Å²) in [5, 5.41) is 4.26. The van der Waals surface area contributed by atoms with Crippen molar-refractivity contribution in [3.63, 3.8) is 0 Å². The summed E-state index contributed by atoms with van der Waals surface area (Å²) >= 11 is 0. The lowest BCUT2D eigenvalue weighted by Crippen LogP contribution is -2.17. The summed E-state index contributed by atoms with van der Waals surface area (Å²) in [6, 6.07) is 11.8. The largest absolute Gasteiger partial charge is 0.573 e. The van der Waals surface area contributed by atoms with E-state index in [0.29, 0.717) is 22.6 Å². The van der Waals surface area contributed by atoms with E-state index in [1.54, 1.807) is 24.3 Å².